The van der Waals surface area contributed by atoms with Gasteiger partial charge in [0.05, 0.1) is 19.2 Å². The summed E-state index contributed by atoms with van der Waals surface area (Å²) in [5.41, 5.74) is 0.351. The van der Waals surface area contributed by atoms with Gasteiger partial charge in [0.1, 0.15) is 17.6 Å². The standard InChI is InChI=1S/C18H19FN2O3/c19-15-7-2-1-5-13(15)11-17(22)21-9-3-8-16(21)18(23)20-12-14-6-4-10-24-14/h1-2,4-7,10,16H,3,8-9,11-12H2,(H,20,23). The molecule has 1 atom stereocenters. The molecule has 2 amide bonds. The number of likely N-dealkylation sites (tertiary alicyclic amines) is 1. The van der Waals surface area contributed by atoms with Gasteiger partial charge in [-0.2, -0.15) is 0 Å². The molecule has 2 heterocycles. The fourth-order valence-electron chi connectivity index (χ4n) is 2.95. The van der Waals surface area contributed by atoms with Gasteiger partial charge in [-0.05, 0) is 36.6 Å². The van der Waals surface area contributed by atoms with Crippen LogP contribution in [0.2, 0.25) is 0 Å². The van der Waals surface area contributed by atoms with Crippen LogP contribution in [0.5, 0.6) is 0 Å². The maximum atomic E-state index is 13.7. The second-order valence-corrected chi connectivity index (χ2v) is 5.81. The Labute approximate surface area is 139 Å². The van der Waals surface area contributed by atoms with Crippen LogP contribution in [0.4, 0.5) is 4.39 Å². The molecule has 5 nitrogen and oxygen atoms in total. The highest BCUT2D eigenvalue weighted by molar-refractivity contribution is 5.89. The second-order valence-electron chi connectivity index (χ2n) is 5.81. The fraction of sp³-hybridized carbons (Fsp3) is 0.333. The van der Waals surface area contributed by atoms with E-state index in [-0.39, 0.29) is 24.8 Å². The van der Waals surface area contributed by atoms with Gasteiger partial charge in [-0.3, -0.25) is 9.59 Å². The van der Waals surface area contributed by atoms with Crippen molar-refractivity contribution in [2.45, 2.75) is 31.8 Å². The first-order chi connectivity index (χ1) is 11.6. The molecule has 126 valence electrons. The lowest BCUT2D eigenvalue weighted by Gasteiger charge is -2.24. The molecule has 1 unspecified atom stereocenters. The van der Waals surface area contributed by atoms with E-state index in [0.717, 1.165) is 6.42 Å². The molecule has 1 aromatic carbocycles. The van der Waals surface area contributed by atoms with E-state index in [2.05, 4.69) is 5.32 Å². The first kappa shape index (κ1) is 16.2. The van der Waals surface area contributed by atoms with E-state index in [1.165, 1.54) is 6.07 Å². The summed E-state index contributed by atoms with van der Waals surface area (Å²) in [5.74, 6) is -0.170. The fourth-order valence-corrected chi connectivity index (χ4v) is 2.95. The van der Waals surface area contributed by atoms with Gasteiger partial charge in [0.15, 0.2) is 0 Å². The molecule has 1 aliphatic rings. The molecule has 6 heteroatoms. The summed E-state index contributed by atoms with van der Waals surface area (Å²) in [6.07, 6.45) is 2.89. The van der Waals surface area contributed by atoms with Crippen molar-refractivity contribution in [2.75, 3.05) is 6.54 Å². The van der Waals surface area contributed by atoms with Crippen molar-refractivity contribution in [3.8, 4) is 0 Å². The predicted octanol–water partition coefficient (Wildman–Crippen LogP) is 2.27. The molecule has 0 spiro atoms. The van der Waals surface area contributed by atoms with Crippen LogP contribution in [-0.2, 0) is 22.6 Å². The first-order valence-electron chi connectivity index (χ1n) is 7.98. The van der Waals surface area contributed by atoms with E-state index in [0.29, 0.717) is 24.3 Å². The summed E-state index contributed by atoms with van der Waals surface area (Å²) in [4.78, 5) is 26.4. The number of hydrogen-bond acceptors (Lipinski definition) is 3. The van der Waals surface area contributed by atoms with Gasteiger partial charge in [0.25, 0.3) is 0 Å². The van der Waals surface area contributed by atoms with Crippen LogP contribution in [0.25, 0.3) is 0 Å². The lowest BCUT2D eigenvalue weighted by atomic mass is 10.1. The van der Waals surface area contributed by atoms with Gasteiger partial charge in [-0.25, -0.2) is 4.39 Å². The van der Waals surface area contributed by atoms with Crippen molar-refractivity contribution in [1.82, 2.24) is 10.2 Å². The smallest absolute Gasteiger partial charge is 0.243 e. The molecule has 3 rings (SSSR count). The molecule has 0 aliphatic carbocycles. The summed E-state index contributed by atoms with van der Waals surface area (Å²) in [5, 5.41) is 2.79. The largest absolute Gasteiger partial charge is 0.467 e. The van der Waals surface area contributed by atoms with Gasteiger partial charge >= 0.3 is 0 Å². The van der Waals surface area contributed by atoms with Crippen molar-refractivity contribution in [3.63, 3.8) is 0 Å². The maximum absolute atomic E-state index is 13.7. The Morgan fingerprint density at radius 2 is 2.08 bits per heavy atom. The minimum atomic E-state index is -0.501. The number of halogens is 1. The zero-order chi connectivity index (χ0) is 16.9. The Morgan fingerprint density at radius 3 is 2.83 bits per heavy atom. The van der Waals surface area contributed by atoms with Crippen LogP contribution in [0.3, 0.4) is 0 Å². The highest BCUT2D eigenvalue weighted by atomic mass is 19.1. The molecule has 0 saturated carbocycles. The summed E-state index contributed by atoms with van der Waals surface area (Å²) >= 11 is 0. The molecular formula is C18H19FN2O3. The zero-order valence-corrected chi connectivity index (χ0v) is 13.2. The van der Waals surface area contributed by atoms with Crippen LogP contribution < -0.4 is 5.32 Å². The lowest BCUT2D eigenvalue weighted by Crippen LogP contribution is -2.46. The van der Waals surface area contributed by atoms with Crippen LogP contribution in [0, 0.1) is 5.82 Å². The molecule has 0 bridgehead atoms. The van der Waals surface area contributed by atoms with E-state index in [1.54, 1.807) is 41.5 Å². The zero-order valence-electron chi connectivity index (χ0n) is 13.2. The third-order valence-corrected chi connectivity index (χ3v) is 4.19. The Hall–Kier alpha value is -2.63. The Balaban J connectivity index is 1.61. The summed E-state index contributed by atoms with van der Waals surface area (Å²) < 4.78 is 18.9. The van der Waals surface area contributed by atoms with Gasteiger partial charge in [0.2, 0.25) is 11.8 Å². The average molecular weight is 330 g/mol. The van der Waals surface area contributed by atoms with Gasteiger partial charge in [-0.1, -0.05) is 18.2 Å². The van der Waals surface area contributed by atoms with E-state index in [9.17, 15) is 14.0 Å². The molecule has 1 N–H and O–H groups in total. The van der Waals surface area contributed by atoms with E-state index in [4.69, 9.17) is 4.42 Å². The number of rotatable bonds is 5. The minimum Gasteiger partial charge on any atom is -0.467 e. The van der Waals surface area contributed by atoms with Crippen LogP contribution >= 0.6 is 0 Å². The minimum absolute atomic E-state index is 0.0331. The third-order valence-electron chi connectivity index (χ3n) is 4.19. The molecule has 1 saturated heterocycles. The number of carbonyl (C=O) groups is 2. The summed E-state index contributed by atoms with van der Waals surface area (Å²) in [6, 6.07) is 9.24. The molecule has 24 heavy (non-hydrogen) atoms. The van der Waals surface area contributed by atoms with Crippen LogP contribution in [-0.4, -0.2) is 29.3 Å². The Bertz CT molecular complexity index is 715. The van der Waals surface area contributed by atoms with Gasteiger partial charge in [-0.15, -0.1) is 0 Å². The number of furan rings is 1. The van der Waals surface area contributed by atoms with E-state index in [1.807, 2.05) is 0 Å². The van der Waals surface area contributed by atoms with Crippen molar-refractivity contribution in [3.05, 3.63) is 59.8 Å². The third kappa shape index (κ3) is 3.64. The second kappa shape index (κ2) is 7.29. The number of nitrogens with one attached hydrogen (secondary N) is 1. The summed E-state index contributed by atoms with van der Waals surface area (Å²) in [6.45, 7) is 0.809. The van der Waals surface area contributed by atoms with Crippen molar-refractivity contribution >= 4 is 11.8 Å². The van der Waals surface area contributed by atoms with Crippen LogP contribution in [0.1, 0.15) is 24.2 Å². The number of amides is 2. The van der Waals surface area contributed by atoms with Crippen molar-refractivity contribution in [2.24, 2.45) is 0 Å². The Kier molecular flexibility index (Phi) is 4.93. The number of nitrogens with zero attached hydrogens (tertiary/aromatic N) is 1. The van der Waals surface area contributed by atoms with Crippen molar-refractivity contribution in [1.29, 1.82) is 0 Å². The lowest BCUT2D eigenvalue weighted by molar-refractivity contribution is -0.138. The maximum Gasteiger partial charge on any atom is 0.243 e. The topological polar surface area (TPSA) is 62.6 Å². The molecule has 1 aromatic heterocycles. The number of carbonyl (C=O) groups excluding carboxylic acids is 2. The predicted molar refractivity (Wildman–Crippen MR) is 85.4 cm³/mol. The number of benzene rings is 1. The quantitative estimate of drug-likeness (QED) is 0.915. The first-order valence-corrected chi connectivity index (χ1v) is 7.98. The monoisotopic (exact) mass is 330 g/mol. The van der Waals surface area contributed by atoms with Gasteiger partial charge < -0.3 is 14.6 Å². The highest BCUT2D eigenvalue weighted by Crippen LogP contribution is 2.20. The molecule has 1 aliphatic heterocycles. The van der Waals surface area contributed by atoms with E-state index < -0.39 is 11.9 Å². The number of hydrogen-bond donors (Lipinski definition) is 1. The molecular weight excluding hydrogens is 311 g/mol. The normalized spacial score (nSPS) is 17.0. The van der Waals surface area contributed by atoms with Crippen LogP contribution in [0.15, 0.2) is 47.1 Å². The molecule has 1 fully saturated rings. The SMILES string of the molecule is O=C(NCc1ccco1)C1CCCN1C(=O)Cc1ccccc1F. The van der Waals surface area contributed by atoms with Gasteiger partial charge in [0, 0.05) is 6.54 Å². The van der Waals surface area contributed by atoms with Crippen molar-refractivity contribution < 1.29 is 18.4 Å². The molecule has 0 radical (unpaired) electrons. The Morgan fingerprint density at radius 1 is 1.25 bits per heavy atom. The average Bonchev–Trinajstić information content (AvgIpc) is 3.26. The highest BCUT2D eigenvalue weighted by Gasteiger charge is 2.34. The summed E-state index contributed by atoms with van der Waals surface area (Å²) in [7, 11) is 0. The molecule has 2 aromatic rings. The van der Waals surface area contributed by atoms with E-state index >= 15 is 0 Å².